The molecule has 5 nitrogen and oxygen atoms in total. The number of benzene rings is 1. The van der Waals surface area contributed by atoms with E-state index in [-0.39, 0.29) is 11.3 Å². The van der Waals surface area contributed by atoms with Crippen molar-refractivity contribution in [3.05, 3.63) is 64.4 Å². The molecule has 0 aliphatic carbocycles. The van der Waals surface area contributed by atoms with E-state index in [9.17, 15) is 14.9 Å². The van der Waals surface area contributed by atoms with Crippen LogP contribution >= 0.6 is 0 Å². The third-order valence-corrected chi connectivity index (χ3v) is 1.84. The number of esters is 1. The fourth-order valence-corrected chi connectivity index (χ4v) is 0.999. The van der Waals surface area contributed by atoms with Crippen molar-refractivity contribution in [2.24, 2.45) is 0 Å². The summed E-state index contributed by atoms with van der Waals surface area (Å²) >= 11 is 0. The molecule has 5 heteroatoms. The highest BCUT2D eigenvalue weighted by Gasteiger charge is 2.09. The van der Waals surface area contributed by atoms with Crippen LogP contribution in [0.15, 0.2) is 48.8 Å². The van der Waals surface area contributed by atoms with Crippen molar-refractivity contribution in [2.75, 3.05) is 0 Å². The Kier molecular flexibility index (Phi) is 4.16. The zero-order chi connectivity index (χ0) is 12.8. The molecule has 88 valence electrons. The van der Waals surface area contributed by atoms with Crippen LogP contribution < -0.4 is 0 Å². The Morgan fingerprint density at radius 3 is 2.47 bits per heavy atom. The Morgan fingerprint density at radius 1 is 1.41 bits per heavy atom. The minimum Gasteiger partial charge on any atom is -0.431 e. The van der Waals surface area contributed by atoms with Gasteiger partial charge in [0.25, 0.3) is 5.69 Å². The zero-order valence-corrected chi connectivity index (χ0v) is 9.25. The molecule has 0 fully saturated rings. The molecule has 1 aromatic rings. The highest BCUT2D eigenvalue weighted by molar-refractivity contribution is 5.90. The molecule has 1 rings (SSSR count). The van der Waals surface area contributed by atoms with Gasteiger partial charge >= 0.3 is 5.97 Å². The van der Waals surface area contributed by atoms with E-state index in [1.54, 1.807) is 13.0 Å². The minimum atomic E-state index is -0.572. The van der Waals surface area contributed by atoms with Crippen LogP contribution in [-0.4, -0.2) is 10.9 Å². The second-order valence-corrected chi connectivity index (χ2v) is 3.36. The lowest BCUT2D eigenvalue weighted by molar-refractivity contribution is -0.384. The van der Waals surface area contributed by atoms with Gasteiger partial charge in [0.2, 0.25) is 0 Å². The summed E-state index contributed by atoms with van der Waals surface area (Å²) < 4.78 is 4.79. The largest absolute Gasteiger partial charge is 0.431 e. The minimum absolute atomic E-state index is 0.0703. The number of allylic oxidation sites excluding steroid dienone is 2. The first-order chi connectivity index (χ1) is 8.00. The lowest BCUT2D eigenvalue weighted by atomic mass is 10.2. The molecule has 0 unspecified atom stereocenters. The number of nitrogens with zero attached hydrogens (tertiary/aromatic N) is 1. The zero-order valence-electron chi connectivity index (χ0n) is 9.25. The molecule has 0 spiro atoms. The predicted molar refractivity (Wildman–Crippen MR) is 62.5 cm³/mol. The molecule has 0 saturated carbocycles. The van der Waals surface area contributed by atoms with Crippen LogP contribution in [0.4, 0.5) is 5.69 Å². The normalized spacial score (nSPS) is 10.2. The first-order valence-electron chi connectivity index (χ1n) is 4.78. The summed E-state index contributed by atoms with van der Waals surface area (Å²) in [7, 11) is 0. The summed E-state index contributed by atoms with van der Waals surface area (Å²) in [6.07, 6.45) is 2.77. The molecule has 0 heterocycles. The standard InChI is InChI=1S/C12H11NO4/c1-9(2)7-8-17-12(14)10-3-5-11(6-4-10)13(15)16/h3-8H,1H2,2H3. The van der Waals surface area contributed by atoms with Crippen molar-refractivity contribution in [1.82, 2.24) is 0 Å². The van der Waals surface area contributed by atoms with E-state index < -0.39 is 10.9 Å². The molecule has 0 atom stereocenters. The van der Waals surface area contributed by atoms with Gasteiger partial charge in [-0.15, -0.1) is 0 Å². The van der Waals surface area contributed by atoms with E-state index in [0.29, 0.717) is 0 Å². The molecule has 0 bridgehead atoms. The predicted octanol–water partition coefficient (Wildman–Crippen LogP) is 2.84. The number of rotatable bonds is 4. The molecule has 0 N–H and O–H groups in total. The molecule has 0 aromatic heterocycles. The highest BCUT2D eigenvalue weighted by atomic mass is 16.6. The number of carbonyl (C=O) groups is 1. The number of non-ortho nitro benzene ring substituents is 1. The van der Waals surface area contributed by atoms with E-state index in [4.69, 9.17) is 4.74 Å². The lowest BCUT2D eigenvalue weighted by Crippen LogP contribution is -2.00. The molecule has 1 aromatic carbocycles. The van der Waals surface area contributed by atoms with Crippen molar-refractivity contribution in [1.29, 1.82) is 0 Å². The maximum Gasteiger partial charge on any atom is 0.342 e. The Balaban J connectivity index is 2.70. The number of nitro groups is 1. The van der Waals surface area contributed by atoms with E-state index in [1.807, 2.05) is 0 Å². The van der Waals surface area contributed by atoms with Gasteiger partial charge < -0.3 is 4.74 Å². The average molecular weight is 233 g/mol. The van der Waals surface area contributed by atoms with E-state index in [2.05, 4.69) is 6.58 Å². The van der Waals surface area contributed by atoms with Gasteiger partial charge in [-0.1, -0.05) is 12.2 Å². The van der Waals surface area contributed by atoms with Gasteiger partial charge in [-0.2, -0.15) is 0 Å². The Morgan fingerprint density at radius 2 is 2.00 bits per heavy atom. The Hall–Kier alpha value is -2.43. The number of nitro benzene ring substituents is 1. The van der Waals surface area contributed by atoms with Crippen LogP contribution in [0.5, 0.6) is 0 Å². The van der Waals surface area contributed by atoms with Crippen molar-refractivity contribution in [2.45, 2.75) is 6.92 Å². The molecule has 17 heavy (non-hydrogen) atoms. The van der Waals surface area contributed by atoms with Gasteiger partial charge in [0.1, 0.15) is 0 Å². The fourth-order valence-electron chi connectivity index (χ4n) is 0.999. The number of ether oxygens (including phenoxy) is 1. The fraction of sp³-hybridized carbons (Fsp3) is 0.0833. The number of hydrogen-bond donors (Lipinski definition) is 0. The summed E-state index contributed by atoms with van der Waals surface area (Å²) in [5.41, 5.74) is 0.933. The quantitative estimate of drug-likeness (QED) is 0.263. The first kappa shape index (κ1) is 12.6. The maximum atomic E-state index is 11.4. The van der Waals surface area contributed by atoms with Crippen molar-refractivity contribution in [3.63, 3.8) is 0 Å². The third kappa shape index (κ3) is 3.90. The van der Waals surface area contributed by atoms with Crippen molar-refractivity contribution < 1.29 is 14.5 Å². The van der Waals surface area contributed by atoms with Crippen molar-refractivity contribution in [3.8, 4) is 0 Å². The monoisotopic (exact) mass is 233 g/mol. The molecule has 0 radical (unpaired) electrons. The SMILES string of the molecule is C=C(C)C=COC(=O)c1ccc([N+](=O)[O-])cc1. The maximum absolute atomic E-state index is 11.4. The van der Waals surface area contributed by atoms with Gasteiger partial charge in [-0.3, -0.25) is 10.1 Å². The second kappa shape index (κ2) is 5.60. The topological polar surface area (TPSA) is 69.4 Å². The van der Waals surface area contributed by atoms with Crippen LogP contribution in [-0.2, 0) is 4.74 Å². The van der Waals surface area contributed by atoms with Crippen molar-refractivity contribution >= 4 is 11.7 Å². The van der Waals surface area contributed by atoms with Crippen LogP contribution in [0.2, 0.25) is 0 Å². The molecular formula is C12H11NO4. The summed E-state index contributed by atoms with van der Waals surface area (Å²) in [6, 6.07) is 5.18. The molecule has 0 saturated heterocycles. The molecule has 0 amide bonds. The van der Waals surface area contributed by atoms with E-state index in [0.717, 1.165) is 5.57 Å². The van der Waals surface area contributed by atoms with Gasteiger partial charge in [0.05, 0.1) is 16.7 Å². The summed E-state index contributed by atoms with van der Waals surface area (Å²) in [4.78, 5) is 21.3. The van der Waals surface area contributed by atoms with Crippen LogP contribution in [0.3, 0.4) is 0 Å². The summed E-state index contributed by atoms with van der Waals surface area (Å²) in [5, 5.41) is 10.4. The van der Waals surface area contributed by atoms with Gasteiger partial charge in [-0.05, 0) is 25.1 Å². The Labute approximate surface area is 98.2 Å². The third-order valence-electron chi connectivity index (χ3n) is 1.84. The van der Waals surface area contributed by atoms with E-state index in [1.165, 1.54) is 30.5 Å². The smallest absolute Gasteiger partial charge is 0.342 e. The van der Waals surface area contributed by atoms with Gasteiger partial charge in [-0.25, -0.2) is 4.79 Å². The highest BCUT2D eigenvalue weighted by Crippen LogP contribution is 2.12. The summed E-state index contributed by atoms with van der Waals surface area (Å²) in [5.74, 6) is -0.572. The lowest BCUT2D eigenvalue weighted by Gasteiger charge is -1.98. The summed E-state index contributed by atoms with van der Waals surface area (Å²) in [6.45, 7) is 5.36. The van der Waals surface area contributed by atoms with Crippen LogP contribution in [0.25, 0.3) is 0 Å². The Bertz CT molecular complexity index is 474. The molecular weight excluding hydrogens is 222 g/mol. The molecule has 0 aliphatic rings. The average Bonchev–Trinajstić information content (AvgIpc) is 2.28. The second-order valence-electron chi connectivity index (χ2n) is 3.36. The van der Waals surface area contributed by atoms with Crippen LogP contribution in [0.1, 0.15) is 17.3 Å². The van der Waals surface area contributed by atoms with E-state index >= 15 is 0 Å². The number of carbonyl (C=O) groups excluding carboxylic acids is 1. The van der Waals surface area contributed by atoms with Crippen LogP contribution in [0, 0.1) is 10.1 Å². The number of hydrogen-bond acceptors (Lipinski definition) is 4. The van der Waals surface area contributed by atoms with Gasteiger partial charge in [0, 0.05) is 12.1 Å². The van der Waals surface area contributed by atoms with Gasteiger partial charge in [0.15, 0.2) is 0 Å². The first-order valence-corrected chi connectivity index (χ1v) is 4.78. The molecule has 0 aliphatic heterocycles.